The molecule has 0 fully saturated rings. The Labute approximate surface area is 156 Å². The molecule has 134 valence electrons. The van der Waals surface area contributed by atoms with Crippen LogP contribution in [0.15, 0.2) is 60.9 Å². The number of aromatic nitrogens is 4. The summed E-state index contributed by atoms with van der Waals surface area (Å²) in [6.45, 7) is 1.97. The molecule has 1 aliphatic rings. The minimum absolute atomic E-state index is 0.0255. The molecule has 0 atom stereocenters. The summed E-state index contributed by atoms with van der Waals surface area (Å²) in [5.41, 5.74) is 5.93. The number of H-pyrrole nitrogens is 1. The minimum atomic E-state index is -0.0255. The van der Waals surface area contributed by atoms with Gasteiger partial charge in [-0.05, 0) is 35.7 Å². The van der Waals surface area contributed by atoms with Crippen molar-refractivity contribution in [3.8, 4) is 0 Å². The summed E-state index contributed by atoms with van der Waals surface area (Å²) < 4.78 is 2.05. The lowest BCUT2D eigenvalue weighted by Crippen LogP contribution is -2.36. The standard InChI is InChI=1S/C21H19N5O/c27-21(25-10-9-15-5-1-2-6-16(15)12-25)19-11-17(23-24-19)13-26-14-22-18-7-3-4-8-20(18)26/h1-8,11,14H,9-10,12-13H2,(H,23,24). The fourth-order valence-corrected chi connectivity index (χ4v) is 3.70. The predicted molar refractivity (Wildman–Crippen MR) is 102 cm³/mol. The zero-order valence-electron chi connectivity index (χ0n) is 14.8. The Bertz CT molecular complexity index is 1130. The number of carbonyl (C=O) groups excluding carboxylic acids is 1. The van der Waals surface area contributed by atoms with Gasteiger partial charge in [0.15, 0.2) is 0 Å². The van der Waals surface area contributed by atoms with E-state index < -0.39 is 0 Å². The van der Waals surface area contributed by atoms with Gasteiger partial charge in [0.05, 0.1) is 29.6 Å². The Morgan fingerprint density at radius 2 is 1.89 bits per heavy atom. The zero-order chi connectivity index (χ0) is 18.2. The summed E-state index contributed by atoms with van der Waals surface area (Å²) in [6, 6.07) is 18.1. The molecule has 6 nitrogen and oxygen atoms in total. The molecule has 2 aromatic heterocycles. The van der Waals surface area contributed by atoms with E-state index in [1.165, 1.54) is 11.1 Å². The molecular formula is C21H19N5O. The molecule has 5 rings (SSSR count). The summed E-state index contributed by atoms with van der Waals surface area (Å²) in [4.78, 5) is 19.1. The van der Waals surface area contributed by atoms with Gasteiger partial charge >= 0.3 is 0 Å². The molecule has 1 aliphatic heterocycles. The molecule has 0 radical (unpaired) electrons. The molecule has 0 unspecified atom stereocenters. The number of para-hydroxylation sites is 2. The fraction of sp³-hybridized carbons (Fsp3) is 0.190. The second kappa shape index (κ2) is 6.39. The molecule has 0 bridgehead atoms. The van der Waals surface area contributed by atoms with Gasteiger partial charge in [0.2, 0.25) is 0 Å². The first-order valence-electron chi connectivity index (χ1n) is 9.08. The summed E-state index contributed by atoms with van der Waals surface area (Å²) in [6.07, 6.45) is 2.70. The maximum atomic E-state index is 12.9. The van der Waals surface area contributed by atoms with Gasteiger partial charge in [-0.2, -0.15) is 5.10 Å². The molecule has 0 saturated carbocycles. The zero-order valence-corrected chi connectivity index (χ0v) is 14.8. The third-order valence-electron chi connectivity index (χ3n) is 5.14. The van der Waals surface area contributed by atoms with Crippen molar-refractivity contribution >= 4 is 16.9 Å². The minimum Gasteiger partial charge on any atom is -0.333 e. The number of hydrogen-bond donors (Lipinski definition) is 1. The highest BCUT2D eigenvalue weighted by Gasteiger charge is 2.23. The highest BCUT2D eigenvalue weighted by Crippen LogP contribution is 2.20. The van der Waals surface area contributed by atoms with E-state index in [0.29, 0.717) is 18.8 Å². The smallest absolute Gasteiger partial charge is 0.274 e. The number of hydrogen-bond acceptors (Lipinski definition) is 3. The van der Waals surface area contributed by atoms with Crippen LogP contribution in [0.5, 0.6) is 0 Å². The molecule has 1 N–H and O–H groups in total. The van der Waals surface area contributed by atoms with Crippen molar-refractivity contribution in [3.63, 3.8) is 0 Å². The second-order valence-electron chi connectivity index (χ2n) is 6.89. The molecule has 27 heavy (non-hydrogen) atoms. The van der Waals surface area contributed by atoms with E-state index >= 15 is 0 Å². The maximum absolute atomic E-state index is 12.9. The van der Waals surface area contributed by atoms with Gasteiger partial charge in [-0.25, -0.2) is 4.98 Å². The lowest BCUT2D eigenvalue weighted by atomic mass is 10.00. The van der Waals surface area contributed by atoms with Gasteiger partial charge in [-0.3, -0.25) is 9.89 Å². The van der Waals surface area contributed by atoms with Crippen molar-refractivity contribution < 1.29 is 4.79 Å². The number of fused-ring (bicyclic) bond motifs is 2. The molecular weight excluding hydrogens is 338 g/mol. The Balaban J connectivity index is 1.34. The first kappa shape index (κ1) is 15.8. The molecule has 0 aliphatic carbocycles. The highest BCUT2D eigenvalue weighted by molar-refractivity contribution is 5.92. The number of rotatable bonds is 3. The second-order valence-corrected chi connectivity index (χ2v) is 6.89. The van der Waals surface area contributed by atoms with Crippen LogP contribution in [0, 0.1) is 0 Å². The van der Waals surface area contributed by atoms with Crippen LogP contribution in [0.1, 0.15) is 27.3 Å². The van der Waals surface area contributed by atoms with Gasteiger partial charge < -0.3 is 9.47 Å². The number of amides is 1. The van der Waals surface area contributed by atoms with E-state index in [-0.39, 0.29) is 5.91 Å². The first-order valence-corrected chi connectivity index (χ1v) is 9.08. The number of benzene rings is 2. The monoisotopic (exact) mass is 357 g/mol. The summed E-state index contributed by atoms with van der Waals surface area (Å²) in [5, 5.41) is 7.26. The van der Waals surface area contributed by atoms with Crippen LogP contribution < -0.4 is 0 Å². The molecule has 0 spiro atoms. The number of carbonyl (C=O) groups is 1. The lowest BCUT2D eigenvalue weighted by molar-refractivity contribution is 0.0728. The Morgan fingerprint density at radius 3 is 2.81 bits per heavy atom. The Kier molecular flexibility index (Phi) is 3.74. The van der Waals surface area contributed by atoms with E-state index in [2.05, 4.69) is 33.4 Å². The summed E-state index contributed by atoms with van der Waals surface area (Å²) in [5.74, 6) is -0.0255. The van der Waals surface area contributed by atoms with Gasteiger partial charge in [0.1, 0.15) is 5.69 Å². The molecule has 4 aromatic rings. The SMILES string of the molecule is O=C(c1cc(Cn2cnc3ccccc32)[nH]n1)N1CCc2ccccc2C1. The molecule has 1 amide bonds. The third kappa shape index (κ3) is 2.89. The van der Waals surface area contributed by atoms with Crippen molar-refractivity contribution in [1.29, 1.82) is 0 Å². The van der Waals surface area contributed by atoms with Gasteiger partial charge in [0.25, 0.3) is 5.91 Å². The molecule has 6 heteroatoms. The molecule has 2 aromatic carbocycles. The van der Waals surface area contributed by atoms with Crippen LogP contribution in [0.3, 0.4) is 0 Å². The van der Waals surface area contributed by atoms with Crippen LogP contribution in [0.4, 0.5) is 0 Å². The summed E-state index contributed by atoms with van der Waals surface area (Å²) in [7, 11) is 0. The highest BCUT2D eigenvalue weighted by atomic mass is 16.2. The van der Waals surface area contributed by atoms with Crippen LogP contribution in [-0.2, 0) is 19.5 Å². The van der Waals surface area contributed by atoms with Crippen LogP contribution in [-0.4, -0.2) is 37.1 Å². The Morgan fingerprint density at radius 1 is 1.07 bits per heavy atom. The van der Waals surface area contributed by atoms with Crippen molar-refractivity contribution in [2.45, 2.75) is 19.5 Å². The van der Waals surface area contributed by atoms with Gasteiger partial charge in [-0.15, -0.1) is 0 Å². The van der Waals surface area contributed by atoms with Crippen molar-refractivity contribution in [3.05, 3.63) is 83.4 Å². The number of aromatic amines is 1. The van der Waals surface area contributed by atoms with Crippen LogP contribution in [0.2, 0.25) is 0 Å². The predicted octanol–water partition coefficient (Wildman–Crippen LogP) is 3.01. The maximum Gasteiger partial charge on any atom is 0.274 e. The Hall–Kier alpha value is -3.41. The van der Waals surface area contributed by atoms with E-state index in [1.54, 1.807) is 0 Å². The van der Waals surface area contributed by atoms with Crippen molar-refractivity contribution in [1.82, 2.24) is 24.6 Å². The third-order valence-corrected chi connectivity index (χ3v) is 5.14. The molecule has 3 heterocycles. The van der Waals surface area contributed by atoms with E-state index in [0.717, 1.165) is 29.7 Å². The topological polar surface area (TPSA) is 66.8 Å². The summed E-state index contributed by atoms with van der Waals surface area (Å²) >= 11 is 0. The largest absolute Gasteiger partial charge is 0.333 e. The van der Waals surface area contributed by atoms with Crippen LogP contribution >= 0.6 is 0 Å². The quantitative estimate of drug-likeness (QED) is 0.613. The van der Waals surface area contributed by atoms with Gasteiger partial charge in [0, 0.05) is 13.1 Å². The van der Waals surface area contributed by atoms with Gasteiger partial charge in [-0.1, -0.05) is 36.4 Å². The van der Waals surface area contributed by atoms with E-state index in [4.69, 9.17) is 0 Å². The molecule has 0 saturated heterocycles. The van der Waals surface area contributed by atoms with Crippen molar-refractivity contribution in [2.24, 2.45) is 0 Å². The average molecular weight is 357 g/mol. The number of nitrogens with one attached hydrogen (secondary N) is 1. The van der Waals surface area contributed by atoms with E-state index in [9.17, 15) is 4.79 Å². The number of imidazole rings is 1. The lowest BCUT2D eigenvalue weighted by Gasteiger charge is -2.28. The number of nitrogens with zero attached hydrogens (tertiary/aromatic N) is 4. The normalized spacial score (nSPS) is 13.7. The average Bonchev–Trinajstić information content (AvgIpc) is 3.35. The van der Waals surface area contributed by atoms with Crippen LogP contribution in [0.25, 0.3) is 11.0 Å². The van der Waals surface area contributed by atoms with E-state index in [1.807, 2.05) is 52.2 Å². The fourth-order valence-electron chi connectivity index (χ4n) is 3.70. The first-order chi connectivity index (χ1) is 13.3. The van der Waals surface area contributed by atoms with Crippen molar-refractivity contribution in [2.75, 3.05) is 6.54 Å².